The van der Waals surface area contributed by atoms with Gasteiger partial charge in [0.1, 0.15) is 11.5 Å². The van der Waals surface area contributed by atoms with E-state index in [4.69, 9.17) is 9.98 Å². The third-order valence-electron chi connectivity index (χ3n) is 11.8. The number of phenolic OH excluding ortho intramolecular Hbond substituents is 2. The van der Waals surface area contributed by atoms with Crippen molar-refractivity contribution in [3.63, 3.8) is 0 Å². The molecule has 1 aliphatic rings. The second-order valence-electron chi connectivity index (χ2n) is 15.8. The largest absolute Gasteiger partial charge is 0.507 e. The molecule has 2 atom stereocenters. The van der Waals surface area contributed by atoms with Gasteiger partial charge >= 0.3 is 0 Å². The van der Waals surface area contributed by atoms with Gasteiger partial charge in [-0.15, -0.1) is 0 Å². The summed E-state index contributed by atoms with van der Waals surface area (Å²) in [5.41, 5.74) is 6.63. The number of halogens is 5. The summed E-state index contributed by atoms with van der Waals surface area (Å²) in [7, 11) is 0. The highest BCUT2D eigenvalue weighted by Gasteiger charge is 2.33. The maximum Gasteiger partial charge on any atom is 0.127 e. The normalized spacial score (nSPS) is 17.0. The first kappa shape index (κ1) is 49.4. The zero-order valence-electron chi connectivity index (χ0n) is 33.3. The van der Waals surface area contributed by atoms with Crippen LogP contribution < -0.4 is 0 Å². The van der Waals surface area contributed by atoms with Gasteiger partial charge in [0.15, 0.2) is 0 Å². The fourth-order valence-corrected chi connectivity index (χ4v) is 10.8. The van der Waals surface area contributed by atoms with E-state index in [1.54, 1.807) is 0 Å². The number of phenols is 2. The molecule has 0 heterocycles. The van der Waals surface area contributed by atoms with Crippen molar-refractivity contribution < 1.29 is 10.2 Å². The smallest absolute Gasteiger partial charge is 0.127 e. The summed E-state index contributed by atoms with van der Waals surface area (Å²) in [6.07, 6.45) is 26.5. The molecular formula is C45H67I5N2O2. The molecule has 0 saturated heterocycles. The van der Waals surface area contributed by atoms with Crippen molar-refractivity contribution in [1.29, 1.82) is 0 Å². The van der Waals surface area contributed by atoms with Crippen LogP contribution in [0.1, 0.15) is 162 Å². The summed E-state index contributed by atoms with van der Waals surface area (Å²) in [4.78, 5) is 10.4. The van der Waals surface area contributed by atoms with E-state index in [2.05, 4.69) is 158 Å². The zero-order valence-corrected chi connectivity index (χ0v) is 44.1. The Morgan fingerprint density at radius 2 is 0.907 bits per heavy atom. The highest BCUT2D eigenvalue weighted by molar-refractivity contribution is 14.1. The van der Waals surface area contributed by atoms with E-state index < -0.39 is 0 Å². The molecule has 0 amide bonds. The SMILES string of the molecule is CCCCCC(CCCI)(CCCI)c1cc(C)c(O)c(/C=N/[C@H]2CCCC[C@@H]2/N=C/c2cc(C(CCCI)(CCCI)CCCCI)cc(C)c2O)c1. The van der Waals surface area contributed by atoms with Crippen LogP contribution >= 0.6 is 113 Å². The highest BCUT2D eigenvalue weighted by atomic mass is 127. The van der Waals surface area contributed by atoms with Crippen LogP contribution in [0.15, 0.2) is 34.3 Å². The van der Waals surface area contributed by atoms with Gasteiger partial charge < -0.3 is 10.2 Å². The van der Waals surface area contributed by atoms with E-state index in [9.17, 15) is 10.2 Å². The average Bonchev–Trinajstić information content (AvgIpc) is 3.18. The predicted molar refractivity (Wildman–Crippen MR) is 280 cm³/mol. The Labute approximate surface area is 397 Å². The monoisotopic (exact) mass is 1300 g/mol. The second-order valence-corrected chi connectivity index (χ2v) is 21.2. The lowest BCUT2D eigenvalue weighted by Gasteiger charge is -2.36. The van der Waals surface area contributed by atoms with Crippen molar-refractivity contribution in [2.75, 3.05) is 22.1 Å². The van der Waals surface area contributed by atoms with Gasteiger partial charge in [-0.05, 0) is 165 Å². The molecule has 0 radical (unpaired) electrons. The van der Waals surface area contributed by atoms with Crippen LogP contribution in [0, 0.1) is 13.8 Å². The molecule has 2 aromatic rings. The van der Waals surface area contributed by atoms with Crippen molar-refractivity contribution >= 4 is 125 Å². The Morgan fingerprint density at radius 1 is 0.556 bits per heavy atom. The van der Waals surface area contributed by atoms with Crippen molar-refractivity contribution in [3.8, 4) is 11.5 Å². The lowest BCUT2D eigenvalue weighted by molar-refractivity contribution is 0.320. The maximum atomic E-state index is 11.4. The van der Waals surface area contributed by atoms with Crippen LogP contribution in [0.3, 0.4) is 0 Å². The van der Waals surface area contributed by atoms with Crippen molar-refractivity contribution in [2.45, 2.75) is 166 Å². The molecule has 2 aromatic carbocycles. The fourth-order valence-electron chi connectivity index (χ4n) is 8.72. The van der Waals surface area contributed by atoms with E-state index in [0.29, 0.717) is 11.5 Å². The summed E-state index contributed by atoms with van der Waals surface area (Å²) < 4.78 is 5.88. The number of hydrogen-bond donors (Lipinski definition) is 2. The third kappa shape index (κ3) is 14.9. The molecule has 9 heteroatoms. The number of alkyl halides is 5. The van der Waals surface area contributed by atoms with E-state index >= 15 is 0 Å². The minimum atomic E-state index is 0.0525. The molecule has 304 valence electrons. The number of benzene rings is 2. The van der Waals surface area contributed by atoms with Gasteiger partial charge in [-0.2, -0.15) is 0 Å². The lowest BCUT2D eigenvalue weighted by atomic mass is 9.69. The first-order valence-electron chi connectivity index (χ1n) is 20.7. The summed E-state index contributed by atoms with van der Waals surface area (Å²) in [6.45, 7) is 6.41. The number of nitrogens with zero attached hydrogens (tertiary/aromatic N) is 2. The van der Waals surface area contributed by atoms with Gasteiger partial charge in [0, 0.05) is 23.6 Å². The van der Waals surface area contributed by atoms with Crippen molar-refractivity contribution in [2.24, 2.45) is 9.98 Å². The topological polar surface area (TPSA) is 65.2 Å². The predicted octanol–water partition coefficient (Wildman–Crippen LogP) is 15.1. The molecule has 1 saturated carbocycles. The summed E-state index contributed by atoms with van der Waals surface area (Å²) >= 11 is 12.6. The molecule has 54 heavy (non-hydrogen) atoms. The Hall–Kier alpha value is 1.03. The Morgan fingerprint density at radius 3 is 1.26 bits per heavy atom. The summed E-state index contributed by atoms with van der Waals surface area (Å²) in [5.74, 6) is 0.708. The van der Waals surface area contributed by atoms with Gasteiger partial charge in [-0.25, -0.2) is 0 Å². The fraction of sp³-hybridized carbons (Fsp3) is 0.689. The Bertz CT molecular complexity index is 1320. The summed E-state index contributed by atoms with van der Waals surface area (Å²) in [5, 5.41) is 22.7. The van der Waals surface area contributed by atoms with Gasteiger partial charge in [-0.3, -0.25) is 9.98 Å². The molecule has 0 spiro atoms. The van der Waals surface area contributed by atoms with Crippen LogP contribution in [-0.2, 0) is 10.8 Å². The van der Waals surface area contributed by atoms with E-state index in [0.717, 1.165) is 47.9 Å². The minimum Gasteiger partial charge on any atom is -0.507 e. The molecule has 3 rings (SSSR count). The zero-order chi connectivity index (χ0) is 39.4. The van der Waals surface area contributed by atoms with Crippen LogP contribution in [0.2, 0.25) is 0 Å². The molecule has 0 aliphatic heterocycles. The van der Waals surface area contributed by atoms with Crippen LogP contribution in [0.4, 0.5) is 0 Å². The van der Waals surface area contributed by atoms with Crippen LogP contribution in [-0.4, -0.2) is 56.9 Å². The number of unbranched alkanes of at least 4 members (excludes halogenated alkanes) is 3. The van der Waals surface area contributed by atoms with Gasteiger partial charge in [0.05, 0.1) is 12.1 Å². The average molecular weight is 1300 g/mol. The number of aromatic hydroxyl groups is 2. The molecule has 4 nitrogen and oxygen atoms in total. The van der Waals surface area contributed by atoms with Gasteiger partial charge in [-0.1, -0.05) is 171 Å². The maximum absolute atomic E-state index is 11.4. The first-order chi connectivity index (χ1) is 26.1. The van der Waals surface area contributed by atoms with E-state index in [1.165, 1.54) is 130 Å². The van der Waals surface area contributed by atoms with E-state index in [-0.39, 0.29) is 22.9 Å². The van der Waals surface area contributed by atoms with E-state index in [1.807, 2.05) is 12.4 Å². The van der Waals surface area contributed by atoms with Gasteiger partial charge in [0.25, 0.3) is 0 Å². The highest BCUT2D eigenvalue weighted by Crippen LogP contribution is 2.44. The molecule has 1 fully saturated rings. The van der Waals surface area contributed by atoms with Crippen molar-refractivity contribution in [1.82, 2.24) is 0 Å². The molecule has 2 N–H and O–H groups in total. The standard InChI is InChI=1S/C45H67I5N2O2/c1-4-5-8-17-44(19-11-24-47,20-12-25-48)38-28-34(2)42(53)36(30-38)32-51-40-15-6-7-16-41(40)52-33-37-31-39(29-35(3)43(37)54)45(21-13-26-49,22-14-27-50)18-9-10-23-46/h28-33,40-41,53-54H,4-27H2,1-3H3/b51-32+,52-33+/t40-,41-/m0/s1. The molecular weight excluding hydrogens is 1240 g/mol. The molecule has 0 aromatic heterocycles. The molecule has 0 unspecified atom stereocenters. The van der Waals surface area contributed by atoms with Crippen LogP contribution in [0.5, 0.6) is 11.5 Å². The number of aryl methyl sites for hydroxylation is 2. The third-order valence-corrected chi connectivity index (χ3v) is 15.7. The quantitative estimate of drug-likeness (QED) is 0.0427. The number of aliphatic imine (C=N–C) groups is 2. The number of hydrogen-bond acceptors (Lipinski definition) is 4. The lowest BCUT2D eigenvalue weighted by Crippen LogP contribution is -2.28. The second kappa shape index (κ2) is 27.0. The minimum absolute atomic E-state index is 0.0525. The Kier molecular flexibility index (Phi) is 24.7. The van der Waals surface area contributed by atoms with Crippen molar-refractivity contribution in [3.05, 3.63) is 57.6 Å². The Balaban J connectivity index is 1.99. The van der Waals surface area contributed by atoms with Crippen LogP contribution in [0.25, 0.3) is 0 Å². The summed E-state index contributed by atoms with van der Waals surface area (Å²) in [6, 6.07) is 9.20. The van der Waals surface area contributed by atoms with Gasteiger partial charge in [0.2, 0.25) is 0 Å². The first-order valence-corrected chi connectivity index (χ1v) is 28.3. The number of rotatable bonds is 26. The molecule has 1 aliphatic carbocycles. The molecule has 0 bridgehead atoms.